The number of alkyl halides is 3. The zero-order chi connectivity index (χ0) is 11.6. The zero-order valence-electron chi connectivity index (χ0n) is 8.13. The normalized spacial score (nSPS) is 11.5. The largest absolute Gasteiger partial charge is 0.468 e. The van der Waals surface area contributed by atoms with Gasteiger partial charge in [-0.3, -0.25) is 4.79 Å². The van der Waals surface area contributed by atoms with Gasteiger partial charge in [0.25, 0.3) is 0 Å². The van der Waals surface area contributed by atoms with Crippen LogP contribution in [0.5, 0.6) is 5.88 Å². The number of halogens is 3. The molecule has 0 radical (unpaired) electrons. The second-order valence-electron chi connectivity index (χ2n) is 2.95. The maximum absolute atomic E-state index is 11.9. The number of carbonyl (C=O) groups is 1. The monoisotopic (exact) mass is 222 g/mol. The van der Waals surface area contributed by atoms with Crippen molar-refractivity contribution in [3.05, 3.63) is 11.3 Å². The van der Waals surface area contributed by atoms with Crippen LogP contribution in [-0.4, -0.2) is 28.8 Å². The standard InChI is InChI=1S/C8H9F3N2O2/c1-5-6(3-14)7(13(2)12-5)15-4-8(9,10)11/h3H,4H2,1-2H3. The molecule has 4 nitrogen and oxygen atoms in total. The molecule has 0 saturated heterocycles. The van der Waals surface area contributed by atoms with Gasteiger partial charge in [-0.05, 0) is 6.92 Å². The molecule has 0 aliphatic heterocycles. The number of rotatable bonds is 3. The fourth-order valence-corrected chi connectivity index (χ4v) is 1.11. The lowest BCUT2D eigenvalue weighted by atomic mass is 10.3. The molecule has 0 N–H and O–H groups in total. The van der Waals surface area contributed by atoms with Gasteiger partial charge in [0.05, 0.1) is 11.3 Å². The summed E-state index contributed by atoms with van der Waals surface area (Å²) >= 11 is 0. The number of aryl methyl sites for hydroxylation is 2. The second-order valence-corrected chi connectivity index (χ2v) is 2.95. The van der Waals surface area contributed by atoms with E-state index in [4.69, 9.17) is 0 Å². The summed E-state index contributed by atoms with van der Waals surface area (Å²) in [6.45, 7) is 0.0804. The van der Waals surface area contributed by atoms with E-state index >= 15 is 0 Å². The Morgan fingerprint density at radius 3 is 2.60 bits per heavy atom. The predicted octanol–water partition coefficient (Wildman–Crippen LogP) is 1.48. The molecule has 0 aliphatic carbocycles. The lowest BCUT2D eigenvalue weighted by molar-refractivity contribution is -0.154. The molecule has 0 aromatic carbocycles. The lowest BCUT2D eigenvalue weighted by Crippen LogP contribution is -2.20. The molecular weight excluding hydrogens is 213 g/mol. The van der Waals surface area contributed by atoms with E-state index < -0.39 is 12.8 Å². The molecule has 0 bridgehead atoms. The van der Waals surface area contributed by atoms with E-state index in [9.17, 15) is 18.0 Å². The molecule has 1 aromatic heterocycles. The maximum Gasteiger partial charge on any atom is 0.422 e. The van der Waals surface area contributed by atoms with Gasteiger partial charge in [0, 0.05) is 7.05 Å². The molecule has 0 fully saturated rings. The summed E-state index contributed by atoms with van der Waals surface area (Å²) in [6.07, 6.45) is -4.01. The molecular formula is C8H9F3N2O2. The Morgan fingerprint density at radius 2 is 2.13 bits per heavy atom. The number of carbonyl (C=O) groups excluding carboxylic acids is 1. The van der Waals surface area contributed by atoms with Crippen LogP contribution in [0.15, 0.2) is 0 Å². The molecule has 15 heavy (non-hydrogen) atoms. The van der Waals surface area contributed by atoms with Crippen LogP contribution < -0.4 is 4.74 Å². The van der Waals surface area contributed by atoms with Gasteiger partial charge in [0.2, 0.25) is 5.88 Å². The third-order valence-electron chi connectivity index (χ3n) is 1.70. The van der Waals surface area contributed by atoms with Crippen LogP contribution in [-0.2, 0) is 7.05 Å². The Hall–Kier alpha value is -1.53. The average Bonchev–Trinajstić information content (AvgIpc) is 2.35. The molecule has 0 spiro atoms. The minimum Gasteiger partial charge on any atom is -0.468 e. The van der Waals surface area contributed by atoms with Gasteiger partial charge >= 0.3 is 6.18 Å². The van der Waals surface area contributed by atoms with Crippen LogP contribution in [0.3, 0.4) is 0 Å². The first-order valence-corrected chi connectivity index (χ1v) is 4.03. The minimum atomic E-state index is -4.43. The van der Waals surface area contributed by atoms with Crippen LogP contribution in [0.2, 0.25) is 0 Å². The summed E-state index contributed by atoms with van der Waals surface area (Å²) in [4.78, 5) is 10.6. The SMILES string of the molecule is Cc1nn(C)c(OCC(F)(F)F)c1C=O. The number of nitrogens with zero attached hydrogens (tertiary/aromatic N) is 2. The van der Waals surface area contributed by atoms with Crippen LogP contribution >= 0.6 is 0 Å². The van der Waals surface area contributed by atoms with E-state index in [0.29, 0.717) is 12.0 Å². The highest BCUT2D eigenvalue weighted by atomic mass is 19.4. The van der Waals surface area contributed by atoms with Crippen LogP contribution in [0.4, 0.5) is 13.2 Å². The second kappa shape index (κ2) is 3.92. The fraction of sp³-hybridized carbons (Fsp3) is 0.500. The van der Waals surface area contributed by atoms with Crippen molar-refractivity contribution in [1.82, 2.24) is 9.78 Å². The number of hydrogen-bond donors (Lipinski definition) is 0. The Morgan fingerprint density at radius 1 is 1.53 bits per heavy atom. The van der Waals surface area contributed by atoms with E-state index in [1.807, 2.05) is 0 Å². The Labute approximate surface area is 83.6 Å². The first-order chi connectivity index (χ1) is 6.85. The van der Waals surface area contributed by atoms with Crippen molar-refractivity contribution in [3.8, 4) is 5.88 Å². The highest BCUT2D eigenvalue weighted by Gasteiger charge is 2.30. The van der Waals surface area contributed by atoms with E-state index in [1.165, 1.54) is 14.0 Å². The summed E-state index contributed by atoms with van der Waals surface area (Å²) in [5, 5.41) is 3.78. The summed E-state index contributed by atoms with van der Waals surface area (Å²) in [5.41, 5.74) is 0.381. The van der Waals surface area contributed by atoms with Gasteiger partial charge in [0.1, 0.15) is 0 Å². The van der Waals surface area contributed by atoms with Gasteiger partial charge in [-0.2, -0.15) is 18.3 Å². The average molecular weight is 222 g/mol. The number of hydrogen-bond acceptors (Lipinski definition) is 3. The zero-order valence-corrected chi connectivity index (χ0v) is 8.13. The van der Waals surface area contributed by atoms with Crippen molar-refractivity contribution in [3.63, 3.8) is 0 Å². The smallest absolute Gasteiger partial charge is 0.422 e. The summed E-state index contributed by atoms with van der Waals surface area (Å²) in [5.74, 6) is -0.167. The molecule has 0 saturated carbocycles. The fourth-order valence-electron chi connectivity index (χ4n) is 1.11. The van der Waals surface area contributed by atoms with E-state index in [2.05, 4.69) is 9.84 Å². The van der Waals surface area contributed by atoms with Gasteiger partial charge in [-0.1, -0.05) is 0 Å². The van der Waals surface area contributed by atoms with Crippen molar-refractivity contribution < 1.29 is 22.7 Å². The van der Waals surface area contributed by atoms with E-state index in [-0.39, 0.29) is 11.4 Å². The topological polar surface area (TPSA) is 44.1 Å². The van der Waals surface area contributed by atoms with Crippen LogP contribution in [0, 0.1) is 6.92 Å². The van der Waals surface area contributed by atoms with Crippen molar-refractivity contribution in [2.45, 2.75) is 13.1 Å². The third-order valence-corrected chi connectivity index (χ3v) is 1.70. The number of aromatic nitrogens is 2. The minimum absolute atomic E-state index is 0.0433. The molecule has 0 amide bonds. The highest BCUT2D eigenvalue weighted by molar-refractivity contribution is 5.80. The quantitative estimate of drug-likeness (QED) is 0.727. The Kier molecular flexibility index (Phi) is 3.01. The van der Waals surface area contributed by atoms with Crippen molar-refractivity contribution in [2.75, 3.05) is 6.61 Å². The third kappa shape index (κ3) is 2.71. The van der Waals surface area contributed by atoms with Gasteiger partial charge in [-0.15, -0.1) is 0 Å². The Balaban J connectivity index is 2.89. The summed E-state index contributed by atoms with van der Waals surface area (Å²) in [7, 11) is 1.41. The van der Waals surface area contributed by atoms with Crippen LogP contribution in [0.1, 0.15) is 16.1 Å². The molecule has 1 heterocycles. The summed E-state index contributed by atoms with van der Waals surface area (Å²) in [6, 6.07) is 0. The molecule has 0 unspecified atom stereocenters. The van der Waals surface area contributed by atoms with Crippen LogP contribution in [0.25, 0.3) is 0 Å². The van der Waals surface area contributed by atoms with Crippen molar-refractivity contribution >= 4 is 6.29 Å². The van der Waals surface area contributed by atoms with Gasteiger partial charge in [-0.25, -0.2) is 4.68 Å². The first-order valence-electron chi connectivity index (χ1n) is 4.03. The molecule has 1 rings (SSSR count). The molecule has 7 heteroatoms. The van der Waals surface area contributed by atoms with Gasteiger partial charge in [0.15, 0.2) is 12.9 Å². The molecule has 1 aromatic rings. The highest BCUT2D eigenvalue weighted by Crippen LogP contribution is 2.22. The number of aldehydes is 1. The van der Waals surface area contributed by atoms with Gasteiger partial charge < -0.3 is 4.74 Å². The molecule has 84 valence electrons. The summed E-state index contributed by atoms with van der Waals surface area (Å²) < 4.78 is 41.2. The van der Waals surface area contributed by atoms with E-state index in [1.54, 1.807) is 0 Å². The predicted molar refractivity (Wildman–Crippen MR) is 44.9 cm³/mol. The molecule has 0 aliphatic rings. The lowest BCUT2D eigenvalue weighted by Gasteiger charge is -2.09. The number of ether oxygens (including phenoxy) is 1. The molecule has 0 atom stereocenters. The van der Waals surface area contributed by atoms with Crippen molar-refractivity contribution in [2.24, 2.45) is 7.05 Å². The maximum atomic E-state index is 11.9. The first kappa shape index (κ1) is 11.5. The van der Waals surface area contributed by atoms with E-state index in [0.717, 1.165) is 4.68 Å². The Bertz CT molecular complexity index is 371. The van der Waals surface area contributed by atoms with Crippen molar-refractivity contribution in [1.29, 1.82) is 0 Å².